The number of hydrogen-bond donors (Lipinski definition) is 1. The number of nitrogens with one attached hydrogen (secondary N) is 1. The molecule has 0 bridgehead atoms. The van der Waals surface area contributed by atoms with E-state index in [-0.39, 0.29) is 0 Å². The lowest BCUT2D eigenvalue weighted by Crippen LogP contribution is -2.40. The fourth-order valence-corrected chi connectivity index (χ4v) is 5.28. The lowest BCUT2D eigenvalue weighted by molar-refractivity contribution is 0.0730. The molecule has 5 rings (SSSR count). The van der Waals surface area contributed by atoms with Gasteiger partial charge in [0.1, 0.15) is 0 Å². The molecule has 0 atom stereocenters. The van der Waals surface area contributed by atoms with Gasteiger partial charge in [-0.25, -0.2) is 8.42 Å². The second kappa shape index (κ2) is 8.70. The summed E-state index contributed by atoms with van der Waals surface area (Å²) in [5.74, 6) is 0. The largest absolute Gasteiger partial charge is 0.379 e. The zero-order valence-electron chi connectivity index (χ0n) is 17.4. The van der Waals surface area contributed by atoms with Crippen LogP contribution in [0.5, 0.6) is 0 Å². The SMILES string of the molecule is O=S(=O)(c1ccc(-c2ccc3nccc(Nc4ccccc4)c3c2)cc1)N1CCOCC1. The highest BCUT2D eigenvalue weighted by molar-refractivity contribution is 7.89. The van der Waals surface area contributed by atoms with Crippen LogP contribution in [0.3, 0.4) is 0 Å². The van der Waals surface area contributed by atoms with Gasteiger partial charge in [-0.3, -0.25) is 4.98 Å². The standard InChI is InChI=1S/C25H23N3O3S/c29-32(30,28-14-16-31-17-15-28)22-9-6-19(7-10-22)20-8-11-24-23(18-20)25(12-13-26-24)27-21-4-2-1-3-5-21/h1-13,18H,14-17H2,(H,26,27). The lowest BCUT2D eigenvalue weighted by Gasteiger charge is -2.26. The van der Waals surface area contributed by atoms with Crippen LogP contribution in [0, 0.1) is 0 Å². The van der Waals surface area contributed by atoms with Crippen LogP contribution >= 0.6 is 0 Å². The number of benzene rings is 3. The summed E-state index contributed by atoms with van der Waals surface area (Å²) in [6.07, 6.45) is 1.79. The Hall–Kier alpha value is -3.26. The number of fused-ring (bicyclic) bond motifs is 1. The van der Waals surface area contributed by atoms with Crippen LogP contribution in [0.15, 0.2) is 90.0 Å². The smallest absolute Gasteiger partial charge is 0.243 e. The first-order valence-electron chi connectivity index (χ1n) is 10.5. The van der Waals surface area contributed by atoms with Gasteiger partial charge in [0.2, 0.25) is 10.0 Å². The molecule has 4 aromatic rings. The van der Waals surface area contributed by atoms with Crippen LogP contribution < -0.4 is 5.32 Å². The fourth-order valence-electron chi connectivity index (χ4n) is 3.87. The summed E-state index contributed by atoms with van der Waals surface area (Å²) in [4.78, 5) is 4.78. The number of anilines is 2. The Kier molecular flexibility index (Phi) is 5.61. The maximum Gasteiger partial charge on any atom is 0.243 e. The third-order valence-electron chi connectivity index (χ3n) is 5.59. The van der Waals surface area contributed by atoms with Crippen LogP contribution in [0.2, 0.25) is 0 Å². The van der Waals surface area contributed by atoms with Crippen molar-refractivity contribution in [2.24, 2.45) is 0 Å². The van der Waals surface area contributed by atoms with Crippen molar-refractivity contribution in [3.63, 3.8) is 0 Å². The number of nitrogens with zero attached hydrogens (tertiary/aromatic N) is 2. The first-order chi connectivity index (χ1) is 15.6. The van der Waals surface area contributed by atoms with Crippen LogP contribution in [0.4, 0.5) is 11.4 Å². The molecule has 0 spiro atoms. The Labute approximate surface area is 187 Å². The predicted molar refractivity (Wildman–Crippen MR) is 126 cm³/mol. The third kappa shape index (κ3) is 4.10. The number of morpholine rings is 1. The number of hydrogen-bond acceptors (Lipinski definition) is 5. The summed E-state index contributed by atoms with van der Waals surface area (Å²) >= 11 is 0. The molecule has 1 N–H and O–H groups in total. The van der Waals surface area contributed by atoms with E-state index in [1.165, 1.54) is 4.31 Å². The van der Waals surface area contributed by atoms with E-state index in [2.05, 4.69) is 16.4 Å². The highest BCUT2D eigenvalue weighted by atomic mass is 32.2. The molecule has 1 saturated heterocycles. The van der Waals surface area contributed by atoms with Gasteiger partial charge in [0.25, 0.3) is 0 Å². The molecule has 1 aliphatic heterocycles. The minimum Gasteiger partial charge on any atom is -0.379 e. The van der Waals surface area contributed by atoms with E-state index in [1.54, 1.807) is 18.3 Å². The Morgan fingerprint density at radius 2 is 1.56 bits per heavy atom. The molecule has 1 aromatic heterocycles. The van der Waals surface area contributed by atoms with Crippen molar-refractivity contribution in [1.29, 1.82) is 0 Å². The van der Waals surface area contributed by atoms with Crippen LogP contribution in [0.1, 0.15) is 0 Å². The predicted octanol–water partition coefficient (Wildman–Crippen LogP) is 4.67. The first kappa shape index (κ1) is 20.6. The summed E-state index contributed by atoms with van der Waals surface area (Å²) in [6.45, 7) is 1.64. The van der Waals surface area contributed by atoms with E-state index in [0.29, 0.717) is 31.2 Å². The minimum absolute atomic E-state index is 0.303. The highest BCUT2D eigenvalue weighted by Crippen LogP contribution is 2.30. The molecule has 0 amide bonds. The minimum atomic E-state index is -3.50. The molecule has 2 heterocycles. The average Bonchev–Trinajstić information content (AvgIpc) is 2.85. The van der Waals surface area contributed by atoms with Crippen molar-refractivity contribution < 1.29 is 13.2 Å². The molecule has 0 radical (unpaired) electrons. The van der Waals surface area contributed by atoms with Crippen molar-refractivity contribution >= 4 is 32.3 Å². The van der Waals surface area contributed by atoms with E-state index in [4.69, 9.17) is 4.74 Å². The fraction of sp³-hybridized carbons (Fsp3) is 0.160. The first-order valence-corrected chi connectivity index (χ1v) is 11.9. The Bertz CT molecular complexity index is 1330. The van der Waals surface area contributed by atoms with Gasteiger partial charge in [0.05, 0.1) is 23.6 Å². The van der Waals surface area contributed by atoms with Crippen molar-refractivity contribution in [3.8, 4) is 11.1 Å². The van der Waals surface area contributed by atoms with E-state index in [9.17, 15) is 8.42 Å². The molecule has 3 aromatic carbocycles. The van der Waals surface area contributed by atoms with Gasteiger partial charge >= 0.3 is 0 Å². The van der Waals surface area contributed by atoms with Crippen LogP contribution in [-0.4, -0.2) is 44.0 Å². The van der Waals surface area contributed by atoms with Crippen molar-refractivity contribution in [3.05, 3.63) is 85.1 Å². The van der Waals surface area contributed by atoms with Gasteiger partial charge in [0, 0.05) is 36.0 Å². The van der Waals surface area contributed by atoms with Gasteiger partial charge in [-0.1, -0.05) is 36.4 Å². The summed E-state index contributed by atoms with van der Waals surface area (Å²) in [6, 6.07) is 25.1. The summed E-state index contributed by atoms with van der Waals surface area (Å²) in [5.41, 5.74) is 4.80. The van der Waals surface area contributed by atoms with Crippen molar-refractivity contribution in [2.75, 3.05) is 31.6 Å². The molecule has 32 heavy (non-hydrogen) atoms. The maximum atomic E-state index is 12.9. The molecule has 7 heteroatoms. The number of para-hydroxylation sites is 1. The highest BCUT2D eigenvalue weighted by Gasteiger charge is 2.26. The second-order valence-corrected chi connectivity index (χ2v) is 9.56. The van der Waals surface area contributed by atoms with E-state index >= 15 is 0 Å². The van der Waals surface area contributed by atoms with Crippen LogP contribution in [-0.2, 0) is 14.8 Å². The molecule has 0 aliphatic carbocycles. The normalized spacial score (nSPS) is 15.0. The van der Waals surface area contributed by atoms with Gasteiger partial charge in [-0.2, -0.15) is 4.31 Å². The third-order valence-corrected chi connectivity index (χ3v) is 7.50. The monoisotopic (exact) mass is 445 g/mol. The molecule has 6 nitrogen and oxygen atoms in total. The zero-order valence-corrected chi connectivity index (χ0v) is 18.3. The van der Waals surface area contributed by atoms with Crippen molar-refractivity contribution in [2.45, 2.75) is 4.90 Å². The number of rotatable bonds is 5. The number of sulfonamides is 1. The van der Waals surface area contributed by atoms with Gasteiger partial charge in [0.15, 0.2) is 0 Å². The number of aromatic nitrogens is 1. The molecule has 162 valence electrons. The average molecular weight is 446 g/mol. The molecular weight excluding hydrogens is 422 g/mol. The molecule has 0 unspecified atom stereocenters. The van der Waals surface area contributed by atoms with Gasteiger partial charge in [-0.05, 0) is 53.6 Å². The van der Waals surface area contributed by atoms with E-state index in [0.717, 1.165) is 33.4 Å². The quantitative estimate of drug-likeness (QED) is 0.484. The lowest BCUT2D eigenvalue weighted by atomic mass is 10.0. The van der Waals surface area contributed by atoms with E-state index in [1.807, 2.05) is 60.7 Å². The second-order valence-electron chi connectivity index (χ2n) is 7.62. The van der Waals surface area contributed by atoms with Crippen LogP contribution in [0.25, 0.3) is 22.0 Å². The molecular formula is C25H23N3O3S. The summed E-state index contributed by atoms with van der Waals surface area (Å²) in [5, 5.41) is 4.45. The topological polar surface area (TPSA) is 71.5 Å². The molecule has 1 fully saturated rings. The Balaban J connectivity index is 1.46. The number of pyridine rings is 1. The maximum absolute atomic E-state index is 12.9. The Morgan fingerprint density at radius 1 is 0.844 bits per heavy atom. The van der Waals surface area contributed by atoms with Gasteiger partial charge in [-0.15, -0.1) is 0 Å². The summed E-state index contributed by atoms with van der Waals surface area (Å²) < 4.78 is 32.5. The zero-order chi connectivity index (χ0) is 22.0. The Morgan fingerprint density at radius 3 is 2.31 bits per heavy atom. The van der Waals surface area contributed by atoms with Crippen molar-refractivity contribution in [1.82, 2.24) is 9.29 Å². The van der Waals surface area contributed by atoms with E-state index < -0.39 is 10.0 Å². The molecule has 1 aliphatic rings. The summed E-state index contributed by atoms with van der Waals surface area (Å²) in [7, 11) is -3.50. The molecule has 0 saturated carbocycles. The van der Waals surface area contributed by atoms with Gasteiger partial charge < -0.3 is 10.1 Å². The number of ether oxygens (including phenoxy) is 1.